The van der Waals surface area contributed by atoms with Gasteiger partial charge in [0.05, 0.1) is 11.9 Å². The lowest BCUT2D eigenvalue weighted by Crippen LogP contribution is -2.53. The van der Waals surface area contributed by atoms with E-state index in [1.54, 1.807) is 24.3 Å². The summed E-state index contributed by atoms with van der Waals surface area (Å²) in [5, 5.41) is 3.13. The van der Waals surface area contributed by atoms with Crippen molar-refractivity contribution in [1.82, 2.24) is 10.2 Å². The summed E-state index contributed by atoms with van der Waals surface area (Å²) < 4.78 is 32.8. The van der Waals surface area contributed by atoms with Gasteiger partial charge in [0.2, 0.25) is 21.8 Å². The molecule has 1 fully saturated rings. The van der Waals surface area contributed by atoms with Crippen molar-refractivity contribution >= 4 is 27.5 Å². The average molecular weight is 592 g/mol. The number of nitrogens with one attached hydrogen (secondary N) is 1. The molecule has 0 saturated heterocycles. The molecule has 8 nitrogen and oxygen atoms in total. The molecule has 9 heteroatoms. The van der Waals surface area contributed by atoms with Gasteiger partial charge in [0.25, 0.3) is 0 Å². The van der Waals surface area contributed by atoms with Crippen LogP contribution in [0.5, 0.6) is 5.75 Å². The molecule has 224 valence electrons. The standard InChI is InChI=1S/C33H41N3O5S/c1-4-31(33(38)34-28-12-8-9-13-28)35(22-26-16-14-25(2)15-17-26)32(37)23-36(42(3,39)40)29-18-20-30(21-19-29)41-24-27-10-6-5-7-11-27/h5-7,10-11,14-21,28,31H,4,8-9,12-13,22-24H2,1-3H3,(H,34,38). The molecule has 0 heterocycles. The van der Waals surface area contributed by atoms with E-state index in [1.165, 1.54) is 4.90 Å². The fourth-order valence-corrected chi connectivity index (χ4v) is 6.09. The van der Waals surface area contributed by atoms with Crippen LogP contribution in [0.1, 0.15) is 55.7 Å². The highest BCUT2D eigenvalue weighted by Gasteiger charge is 2.33. The summed E-state index contributed by atoms with van der Waals surface area (Å²) in [6, 6.07) is 23.5. The van der Waals surface area contributed by atoms with Crippen LogP contribution >= 0.6 is 0 Å². The maximum atomic E-state index is 13.9. The van der Waals surface area contributed by atoms with Crippen LogP contribution in [0.15, 0.2) is 78.9 Å². The summed E-state index contributed by atoms with van der Waals surface area (Å²) in [7, 11) is -3.82. The molecule has 3 aromatic rings. The number of ether oxygens (including phenoxy) is 1. The van der Waals surface area contributed by atoms with Crippen molar-refractivity contribution in [2.24, 2.45) is 0 Å². The second kappa shape index (κ2) is 14.4. The zero-order chi connectivity index (χ0) is 30.1. The summed E-state index contributed by atoms with van der Waals surface area (Å²) in [5.41, 5.74) is 3.31. The second-order valence-corrected chi connectivity index (χ2v) is 12.9. The molecule has 1 aliphatic rings. The zero-order valence-corrected chi connectivity index (χ0v) is 25.5. The van der Waals surface area contributed by atoms with Gasteiger partial charge in [-0.25, -0.2) is 8.42 Å². The summed E-state index contributed by atoms with van der Waals surface area (Å²) in [5.74, 6) is -0.0625. The predicted octanol–water partition coefficient (Wildman–Crippen LogP) is 5.21. The number of anilines is 1. The van der Waals surface area contributed by atoms with Crippen molar-refractivity contribution in [3.63, 3.8) is 0 Å². The second-order valence-electron chi connectivity index (χ2n) is 11.0. The van der Waals surface area contributed by atoms with Crippen LogP contribution in [0.3, 0.4) is 0 Å². The van der Waals surface area contributed by atoms with Gasteiger partial charge in [0, 0.05) is 12.6 Å². The van der Waals surface area contributed by atoms with E-state index >= 15 is 0 Å². The van der Waals surface area contributed by atoms with E-state index in [-0.39, 0.29) is 18.5 Å². The molecule has 1 unspecified atom stereocenters. The predicted molar refractivity (Wildman–Crippen MR) is 166 cm³/mol. The molecule has 42 heavy (non-hydrogen) atoms. The normalized spacial score (nSPS) is 14.3. The van der Waals surface area contributed by atoms with Gasteiger partial charge in [-0.15, -0.1) is 0 Å². The van der Waals surface area contributed by atoms with Gasteiger partial charge in [-0.1, -0.05) is 79.9 Å². The fourth-order valence-electron chi connectivity index (χ4n) is 5.24. The largest absolute Gasteiger partial charge is 0.489 e. The smallest absolute Gasteiger partial charge is 0.244 e. The molecule has 2 amide bonds. The minimum Gasteiger partial charge on any atom is -0.489 e. The van der Waals surface area contributed by atoms with Crippen LogP contribution in [0.25, 0.3) is 0 Å². The number of nitrogens with zero attached hydrogens (tertiary/aromatic N) is 2. The number of sulfonamides is 1. The van der Waals surface area contributed by atoms with Crippen LogP contribution in [-0.4, -0.2) is 50.0 Å². The minimum atomic E-state index is -3.82. The van der Waals surface area contributed by atoms with Crippen LogP contribution < -0.4 is 14.4 Å². The first-order valence-corrected chi connectivity index (χ1v) is 16.4. The first-order chi connectivity index (χ1) is 20.1. The average Bonchev–Trinajstić information content (AvgIpc) is 3.49. The Morgan fingerprint density at radius 1 is 0.929 bits per heavy atom. The van der Waals surface area contributed by atoms with Crippen molar-refractivity contribution < 1.29 is 22.7 Å². The van der Waals surface area contributed by atoms with Gasteiger partial charge in [-0.3, -0.25) is 13.9 Å². The van der Waals surface area contributed by atoms with E-state index in [0.717, 1.165) is 52.9 Å². The molecule has 1 N–H and O–H groups in total. The summed E-state index contributed by atoms with van der Waals surface area (Å²) in [6.07, 6.45) is 5.50. The number of aryl methyl sites for hydroxylation is 1. The van der Waals surface area contributed by atoms with Crippen molar-refractivity contribution in [2.45, 2.75) is 71.2 Å². The Balaban J connectivity index is 1.54. The monoisotopic (exact) mass is 591 g/mol. The topological polar surface area (TPSA) is 96.0 Å². The quantitative estimate of drug-likeness (QED) is 0.295. The van der Waals surface area contributed by atoms with Gasteiger partial charge >= 0.3 is 0 Å². The molecular weight excluding hydrogens is 550 g/mol. The molecule has 1 aliphatic carbocycles. The highest BCUT2D eigenvalue weighted by atomic mass is 32.2. The van der Waals surface area contributed by atoms with Gasteiger partial charge < -0.3 is 15.0 Å². The van der Waals surface area contributed by atoms with Crippen molar-refractivity contribution in [1.29, 1.82) is 0 Å². The Morgan fingerprint density at radius 3 is 2.17 bits per heavy atom. The molecule has 0 radical (unpaired) electrons. The van der Waals surface area contributed by atoms with Crippen LogP contribution in [0, 0.1) is 6.92 Å². The Hall–Kier alpha value is -3.85. The Kier molecular flexibility index (Phi) is 10.6. The summed E-state index contributed by atoms with van der Waals surface area (Å²) in [6.45, 7) is 4.00. The molecular formula is C33H41N3O5S. The summed E-state index contributed by atoms with van der Waals surface area (Å²) >= 11 is 0. The Morgan fingerprint density at radius 2 is 1.57 bits per heavy atom. The Bertz CT molecular complexity index is 1420. The third kappa shape index (κ3) is 8.58. The highest BCUT2D eigenvalue weighted by molar-refractivity contribution is 7.92. The van der Waals surface area contributed by atoms with Gasteiger partial charge in [0.1, 0.15) is 24.9 Å². The van der Waals surface area contributed by atoms with Gasteiger partial charge in [-0.2, -0.15) is 0 Å². The molecule has 1 saturated carbocycles. The molecule has 0 aliphatic heterocycles. The third-order valence-electron chi connectivity index (χ3n) is 7.61. The zero-order valence-electron chi connectivity index (χ0n) is 24.7. The van der Waals surface area contributed by atoms with Gasteiger partial charge in [0.15, 0.2) is 0 Å². The molecule has 0 bridgehead atoms. The summed E-state index contributed by atoms with van der Waals surface area (Å²) in [4.78, 5) is 28.9. The number of hydrogen-bond acceptors (Lipinski definition) is 5. The third-order valence-corrected chi connectivity index (χ3v) is 8.75. The lowest BCUT2D eigenvalue weighted by Gasteiger charge is -2.33. The van der Waals surface area contributed by atoms with Crippen LogP contribution in [0.2, 0.25) is 0 Å². The van der Waals surface area contributed by atoms with Crippen molar-refractivity contribution in [3.8, 4) is 5.75 Å². The molecule has 4 rings (SSSR count). The van der Waals surface area contributed by atoms with Crippen LogP contribution in [-0.2, 0) is 32.8 Å². The molecule has 0 spiro atoms. The first kappa shape index (κ1) is 31.1. The van der Waals surface area contributed by atoms with E-state index in [2.05, 4.69) is 5.32 Å². The number of amides is 2. The van der Waals surface area contributed by atoms with E-state index in [0.29, 0.717) is 24.5 Å². The molecule has 3 aromatic carbocycles. The number of carbonyl (C=O) groups is 2. The fraction of sp³-hybridized carbons (Fsp3) is 0.394. The molecule has 0 aromatic heterocycles. The number of rotatable bonds is 13. The first-order valence-electron chi connectivity index (χ1n) is 14.5. The van der Waals surface area contributed by atoms with Crippen molar-refractivity contribution in [3.05, 3.63) is 95.6 Å². The lowest BCUT2D eigenvalue weighted by molar-refractivity contribution is -0.140. The minimum absolute atomic E-state index is 0.109. The highest BCUT2D eigenvalue weighted by Crippen LogP contribution is 2.24. The van der Waals surface area contributed by atoms with Crippen molar-refractivity contribution in [2.75, 3.05) is 17.1 Å². The van der Waals surface area contributed by atoms with Gasteiger partial charge in [-0.05, 0) is 61.6 Å². The SMILES string of the molecule is CCC(C(=O)NC1CCCC1)N(Cc1ccc(C)cc1)C(=O)CN(c1ccc(OCc2ccccc2)cc1)S(C)(=O)=O. The van der Waals surface area contributed by atoms with E-state index in [9.17, 15) is 18.0 Å². The van der Waals surface area contributed by atoms with E-state index in [1.807, 2.05) is 68.4 Å². The maximum Gasteiger partial charge on any atom is 0.244 e. The number of hydrogen-bond donors (Lipinski definition) is 1. The van der Waals surface area contributed by atoms with E-state index < -0.39 is 28.5 Å². The number of benzene rings is 3. The maximum absolute atomic E-state index is 13.9. The molecule has 1 atom stereocenters. The Labute approximate surface area is 249 Å². The van der Waals surface area contributed by atoms with E-state index in [4.69, 9.17) is 4.74 Å². The van der Waals surface area contributed by atoms with Crippen LogP contribution in [0.4, 0.5) is 5.69 Å². The lowest BCUT2D eigenvalue weighted by atomic mass is 10.1. The number of carbonyl (C=O) groups excluding carboxylic acids is 2.